The van der Waals surface area contributed by atoms with Gasteiger partial charge in [-0.25, -0.2) is 0 Å². The molecule has 0 aliphatic rings. The van der Waals surface area contributed by atoms with Gasteiger partial charge in [0.1, 0.15) is 23.9 Å². The lowest BCUT2D eigenvalue weighted by atomic mass is 10.1. The maximum atomic E-state index is 12.1. The summed E-state index contributed by atoms with van der Waals surface area (Å²) in [7, 11) is 1.57. The van der Waals surface area contributed by atoms with Crippen LogP contribution in [0.1, 0.15) is 32.4 Å². The minimum atomic E-state index is -0.144. The molecule has 0 unspecified atom stereocenters. The highest BCUT2D eigenvalue weighted by Crippen LogP contribution is 2.31. The molecule has 2 N–H and O–H groups in total. The molecule has 0 saturated carbocycles. The molecule has 0 aliphatic heterocycles. The Hall–Kier alpha value is -2.27. The molecule has 5 nitrogen and oxygen atoms in total. The summed E-state index contributed by atoms with van der Waals surface area (Å²) in [6, 6.07) is 8.96. The second-order valence-electron chi connectivity index (χ2n) is 5.82. The number of carbonyl (C=O) groups excluding carboxylic acids is 1. The Balaban J connectivity index is 2.20. The van der Waals surface area contributed by atoms with Crippen molar-refractivity contribution in [2.45, 2.75) is 33.3 Å². The molecule has 1 aromatic carbocycles. The molecule has 1 amide bonds. The highest BCUT2D eigenvalue weighted by molar-refractivity contribution is 5.93. The van der Waals surface area contributed by atoms with Crippen LogP contribution in [0.5, 0.6) is 5.75 Å². The van der Waals surface area contributed by atoms with Crippen molar-refractivity contribution >= 4 is 11.6 Å². The number of ether oxygens (including phenoxy) is 1. The van der Waals surface area contributed by atoms with Gasteiger partial charge in [-0.15, -0.1) is 0 Å². The standard InChI is InChI=1S/C18H23NO4/c1-12(2)4-9-18(21)19-15-10-13(5-7-17(15)22-3)16-8-6-14(11-20)23-16/h5-8,10,12,20H,4,9,11H2,1-3H3,(H,19,21). The van der Waals surface area contributed by atoms with Crippen molar-refractivity contribution in [1.29, 1.82) is 0 Å². The molecule has 0 fully saturated rings. The van der Waals surface area contributed by atoms with Gasteiger partial charge in [0.2, 0.25) is 5.91 Å². The van der Waals surface area contributed by atoms with Crippen LogP contribution in [0.3, 0.4) is 0 Å². The fraction of sp³-hybridized carbons (Fsp3) is 0.389. The van der Waals surface area contributed by atoms with Crippen LogP contribution in [0.2, 0.25) is 0 Å². The number of methoxy groups -OCH3 is 1. The van der Waals surface area contributed by atoms with Crippen molar-refractivity contribution < 1.29 is 19.1 Å². The molecular formula is C18H23NO4. The van der Waals surface area contributed by atoms with E-state index in [0.717, 1.165) is 12.0 Å². The highest BCUT2D eigenvalue weighted by atomic mass is 16.5. The first-order chi connectivity index (χ1) is 11.0. The van der Waals surface area contributed by atoms with E-state index in [1.807, 2.05) is 12.1 Å². The van der Waals surface area contributed by atoms with Gasteiger partial charge in [-0.1, -0.05) is 13.8 Å². The quantitative estimate of drug-likeness (QED) is 0.814. The van der Waals surface area contributed by atoms with E-state index in [2.05, 4.69) is 19.2 Å². The van der Waals surface area contributed by atoms with Crippen molar-refractivity contribution in [3.8, 4) is 17.1 Å². The van der Waals surface area contributed by atoms with Crippen LogP contribution in [0.25, 0.3) is 11.3 Å². The van der Waals surface area contributed by atoms with Crippen LogP contribution in [-0.2, 0) is 11.4 Å². The monoisotopic (exact) mass is 317 g/mol. The molecule has 0 atom stereocenters. The topological polar surface area (TPSA) is 71.7 Å². The second kappa shape index (κ2) is 7.83. The number of aliphatic hydroxyl groups is 1. The molecular weight excluding hydrogens is 294 g/mol. The fourth-order valence-corrected chi connectivity index (χ4v) is 2.21. The molecule has 124 valence electrons. The third-order valence-corrected chi connectivity index (χ3v) is 3.52. The Bertz CT molecular complexity index is 661. The van der Waals surface area contributed by atoms with Crippen LogP contribution >= 0.6 is 0 Å². The van der Waals surface area contributed by atoms with Crippen LogP contribution in [0, 0.1) is 5.92 Å². The smallest absolute Gasteiger partial charge is 0.224 e. The molecule has 0 aliphatic carbocycles. The van der Waals surface area contributed by atoms with Gasteiger partial charge in [0.15, 0.2) is 0 Å². The Kier molecular flexibility index (Phi) is 5.82. The zero-order chi connectivity index (χ0) is 16.8. The van der Waals surface area contributed by atoms with E-state index in [9.17, 15) is 4.79 Å². The zero-order valence-corrected chi connectivity index (χ0v) is 13.8. The number of furan rings is 1. The number of amides is 1. The van der Waals surface area contributed by atoms with Gasteiger partial charge in [-0.3, -0.25) is 4.79 Å². The van der Waals surface area contributed by atoms with E-state index in [0.29, 0.717) is 35.3 Å². The number of aliphatic hydroxyl groups excluding tert-OH is 1. The summed E-state index contributed by atoms with van der Waals surface area (Å²) in [4.78, 5) is 12.1. The van der Waals surface area contributed by atoms with E-state index in [4.69, 9.17) is 14.3 Å². The molecule has 5 heteroatoms. The summed E-state index contributed by atoms with van der Waals surface area (Å²) in [6.07, 6.45) is 1.31. The van der Waals surface area contributed by atoms with E-state index in [1.165, 1.54) is 0 Å². The number of hydrogen-bond acceptors (Lipinski definition) is 4. The van der Waals surface area contributed by atoms with Gasteiger partial charge in [-0.2, -0.15) is 0 Å². The molecule has 1 heterocycles. The Morgan fingerprint density at radius 1 is 1.30 bits per heavy atom. The number of rotatable bonds is 7. The summed E-state index contributed by atoms with van der Waals surface area (Å²) in [5.41, 5.74) is 1.42. The minimum absolute atomic E-state index is 0.0374. The average Bonchev–Trinajstić information content (AvgIpc) is 3.02. The Morgan fingerprint density at radius 2 is 2.09 bits per heavy atom. The number of nitrogens with one attached hydrogen (secondary N) is 1. The van der Waals surface area contributed by atoms with Crippen LogP contribution in [0.15, 0.2) is 34.7 Å². The van der Waals surface area contributed by atoms with E-state index >= 15 is 0 Å². The molecule has 0 radical (unpaired) electrons. The average molecular weight is 317 g/mol. The van der Waals surface area contributed by atoms with Gasteiger partial charge in [0.05, 0.1) is 12.8 Å². The number of anilines is 1. The third kappa shape index (κ3) is 4.60. The number of benzene rings is 1. The van der Waals surface area contributed by atoms with Gasteiger partial charge >= 0.3 is 0 Å². The summed E-state index contributed by atoms with van der Waals surface area (Å²) in [6.45, 7) is 4.03. The summed E-state index contributed by atoms with van der Waals surface area (Å²) in [5.74, 6) is 2.17. The number of hydrogen-bond donors (Lipinski definition) is 2. The van der Waals surface area contributed by atoms with Gasteiger partial charge in [0, 0.05) is 12.0 Å². The van der Waals surface area contributed by atoms with Crippen LogP contribution in [0.4, 0.5) is 5.69 Å². The SMILES string of the molecule is COc1ccc(-c2ccc(CO)o2)cc1NC(=O)CCC(C)C. The highest BCUT2D eigenvalue weighted by Gasteiger charge is 2.12. The van der Waals surface area contributed by atoms with Gasteiger partial charge in [0.25, 0.3) is 0 Å². The first-order valence-electron chi connectivity index (χ1n) is 7.71. The summed E-state index contributed by atoms with van der Waals surface area (Å²) in [5, 5.41) is 12.0. The Labute approximate surface area is 136 Å². The number of carbonyl (C=O) groups is 1. The van der Waals surface area contributed by atoms with E-state index < -0.39 is 0 Å². The predicted molar refractivity (Wildman–Crippen MR) is 89.3 cm³/mol. The summed E-state index contributed by atoms with van der Waals surface area (Å²) >= 11 is 0. The first-order valence-corrected chi connectivity index (χ1v) is 7.71. The van der Waals surface area contributed by atoms with Crippen molar-refractivity contribution in [1.82, 2.24) is 0 Å². The van der Waals surface area contributed by atoms with Crippen LogP contribution < -0.4 is 10.1 Å². The van der Waals surface area contributed by atoms with Crippen molar-refractivity contribution in [2.24, 2.45) is 5.92 Å². The maximum absolute atomic E-state index is 12.1. The molecule has 1 aromatic heterocycles. The Morgan fingerprint density at radius 3 is 2.70 bits per heavy atom. The lowest BCUT2D eigenvalue weighted by molar-refractivity contribution is -0.116. The van der Waals surface area contributed by atoms with E-state index in [-0.39, 0.29) is 12.5 Å². The van der Waals surface area contributed by atoms with Crippen molar-refractivity contribution in [3.63, 3.8) is 0 Å². The lowest BCUT2D eigenvalue weighted by Gasteiger charge is -2.12. The molecule has 0 saturated heterocycles. The van der Waals surface area contributed by atoms with Crippen molar-refractivity contribution in [2.75, 3.05) is 12.4 Å². The van der Waals surface area contributed by atoms with E-state index in [1.54, 1.807) is 25.3 Å². The van der Waals surface area contributed by atoms with Crippen LogP contribution in [-0.4, -0.2) is 18.1 Å². The normalized spacial score (nSPS) is 10.8. The first kappa shape index (κ1) is 17.1. The fourth-order valence-electron chi connectivity index (χ4n) is 2.21. The molecule has 0 spiro atoms. The molecule has 0 bridgehead atoms. The van der Waals surface area contributed by atoms with Gasteiger partial charge in [-0.05, 0) is 42.7 Å². The van der Waals surface area contributed by atoms with Crippen molar-refractivity contribution in [3.05, 3.63) is 36.1 Å². The lowest BCUT2D eigenvalue weighted by Crippen LogP contribution is -2.13. The molecule has 23 heavy (non-hydrogen) atoms. The zero-order valence-electron chi connectivity index (χ0n) is 13.8. The molecule has 2 aromatic rings. The maximum Gasteiger partial charge on any atom is 0.224 e. The predicted octanol–water partition coefficient (Wildman–Crippen LogP) is 3.82. The second-order valence-corrected chi connectivity index (χ2v) is 5.82. The largest absolute Gasteiger partial charge is 0.495 e. The molecule has 2 rings (SSSR count). The summed E-state index contributed by atoms with van der Waals surface area (Å²) < 4.78 is 10.8. The minimum Gasteiger partial charge on any atom is -0.495 e. The third-order valence-electron chi connectivity index (χ3n) is 3.52. The van der Waals surface area contributed by atoms with Gasteiger partial charge < -0.3 is 19.6 Å².